The van der Waals surface area contributed by atoms with E-state index in [0.717, 1.165) is 35.0 Å². The van der Waals surface area contributed by atoms with Gasteiger partial charge in [-0.15, -0.1) is 0 Å². The normalized spacial score (nSPS) is 11.0. The number of rotatable bonds is 4. The summed E-state index contributed by atoms with van der Waals surface area (Å²) in [6.07, 6.45) is 2.71. The minimum Gasteiger partial charge on any atom is -0.478 e. The van der Waals surface area contributed by atoms with E-state index >= 15 is 0 Å². The van der Waals surface area contributed by atoms with Crippen molar-refractivity contribution in [2.24, 2.45) is 0 Å². The highest BCUT2D eigenvalue weighted by Crippen LogP contribution is 2.28. The predicted molar refractivity (Wildman–Crippen MR) is 89.4 cm³/mol. The third kappa shape index (κ3) is 2.39. The number of carbonyl (C=O) groups is 1. The van der Waals surface area contributed by atoms with Crippen molar-refractivity contribution in [3.63, 3.8) is 0 Å². The van der Waals surface area contributed by atoms with Gasteiger partial charge in [0, 0.05) is 23.6 Å². The topological polar surface area (TPSA) is 42.2 Å². The van der Waals surface area contributed by atoms with E-state index in [1.54, 1.807) is 6.20 Å². The van der Waals surface area contributed by atoms with E-state index in [0.29, 0.717) is 5.56 Å². The summed E-state index contributed by atoms with van der Waals surface area (Å²) in [6.45, 7) is 4.91. The molecule has 0 aliphatic heterocycles. The monoisotopic (exact) mass is 293 g/mol. The zero-order valence-electron chi connectivity index (χ0n) is 12.8. The molecule has 0 atom stereocenters. The molecule has 2 aromatic carbocycles. The number of aromatic nitrogens is 1. The molecule has 3 heteroatoms. The van der Waals surface area contributed by atoms with Gasteiger partial charge in [0.1, 0.15) is 0 Å². The van der Waals surface area contributed by atoms with Crippen LogP contribution in [0.3, 0.4) is 0 Å². The minimum absolute atomic E-state index is 0.366. The van der Waals surface area contributed by atoms with E-state index in [2.05, 4.69) is 31.2 Å². The fourth-order valence-electron chi connectivity index (χ4n) is 2.88. The molecule has 0 spiro atoms. The fraction of sp³-hybridized carbons (Fsp3) is 0.211. The summed E-state index contributed by atoms with van der Waals surface area (Å²) in [7, 11) is 0. The number of carboxylic acid groups (broad SMARTS) is 1. The highest BCUT2D eigenvalue weighted by molar-refractivity contribution is 6.04. The second-order valence-corrected chi connectivity index (χ2v) is 5.42. The zero-order chi connectivity index (χ0) is 15.7. The Labute approximate surface area is 129 Å². The number of carboxylic acids is 1. The summed E-state index contributed by atoms with van der Waals surface area (Å²) in [5.41, 5.74) is 4.80. The maximum atomic E-state index is 11.5. The number of fused-ring (bicyclic) bond motifs is 1. The highest BCUT2D eigenvalue weighted by atomic mass is 16.4. The zero-order valence-corrected chi connectivity index (χ0v) is 12.8. The molecule has 0 fully saturated rings. The SMILES string of the molecule is CCc1cccc(-c2ccc3c(c2)c(C(=O)O)cn3CC)c1. The maximum absolute atomic E-state index is 11.5. The van der Waals surface area contributed by atoms with Crippen LogP contribution < -0.4 is 0 Å². The third-order valence-corrected chi connectivity index (χ3v) is 4.12. The molecule has 0 bridgehead atoms. The largest absolute Gasteiger partial charge is 0.478 e. The first-order valence-electron chi connectivity index (χ1n) is 7.59. The molecule has 3 aromatic rings. The summed E-state index contributed by atoms with van der Waals surface area (Å²) >= 11 is 0. The van der Waals surface area contributed by atoms with Crippen molar-refractivity contribution in [3.8, 4) is 11.1 Å². The Morgan fingerprint density at radius 1 is 1.09 bits per heavy atom. The summed E-state index contributed by atoms with van der Waals surface area (Å²) < 4.78 is 1.98. The van der Waals surface area contributed by atoms with Crippen LogP contribution in [-0.4, -0.2) is 15.6 Å². The van der Waals surface area contributed by atoms with Crippen LogP contribution in [0, 0.1) is 0 Å². The van der Waals surface area contributed by atoms with Crippen LogP contribution >= 0.6 is 0 Å². The van der Waals surface area contributed by atoms with Gasteiger partial charge in [-0.3, -0.25) is 0 Å². The van der Waals surface area contributed by atoms with Gasteiger partial charge in [-0.05, 0) is 42.2 Å². The lowest BCUT2D eigenvalue weighted by Crippen LogP contribution is -1.94. The number of aromatic carboxylic acids is 1. The lowest BCUT2D eigenvalue weighted by molar-refractivity contribution is 0.0699. The average Bonchev–Trinajstić information content (AvgIpc) is 2.93. The van der Waals surface area contributed by atoms with Crippen LogP contribution in [0.25, 0.3) is 22.0 Å². The van der Waals surface area contributed by atoms with Crippen molar-refractivity contribution in [1.29, 1.82) is 0 Å². The van der Waals surface area contributed by atoms with Crippen LogP contribution in [0.15, 0.2) is 48.7 Å². The number of hydrogen-bond acceptors (Lipinski definition) is 1. The quantitative estimate of drug-likeness (QED) is 0.764. The van der Waals surface area contributed by atoms with E-state index in [-0.39, 0.29) is 0 Å². The van der Waals surface area contributed by atoms with E-state index in [9.17, 15) is 9.90 Å². The lowest BCUT2D eigenvalue weighted by atomic mass is 10.00. The van der Waals surface area contributed by atoms with Crippen LogP contribution in [0.1, 0.15) is 29.8 Å². The van der Waals surface area contributed by atoms with Gasteiger partial charge in [-0.2, -0.15) is 0 Å². The van der Waals surface area contributed by atoms with E-state index in [4.69, 9.17) is 0 Å². The van der Waals surface area contributed by atoms with E-state index in [1.165, 1.54) is 5.56 Å². The van der Waals surface area contributed by atoms with Crippen LogP contribution in [0.5, 0.6) is 0 Å². The fourth-order valence-corrected chi connectivity index (χ4v) is 2.88. The Balaban J connectivity index is 2.20. The molecule has 0 unspecified atom stereocenters. The molecule has 0 aliphatic rings. The van der Waals surface area contributed by atoms with Gasteiger partial charge in [0.25, 0.3) is 0 Å². The maximum Gasteiger partial charge on any atom is 0.337 e. The molecule has 112 valence electrons. The molecule has 0 amide bonds. The van der Waals surface area contributed by atoms with Gasteiger partial charge >= 0.3 is 5.97 Å². The lowest BCUT2D eigenvalue weighted by Gasteiger charge is -2.06. The molecule has 0 saturated heterocycles. The first-order valence-corrected chi connectivity index (χ1v) is 7.59. The van der Waals surface area contributed by atoms with Crippen LogP contribution in [0.2, 0.25) is 0 Å². The Kier molecular flexibility index (Phi) is 3.72. The van der Waals surface area contributed by atoms with Gasteiger partial charge in [-0.25, -0.2) is 4.79 Å². The first-order chi connectivity index (χ1) is 10.6. The predicted octanol–water partition coefficient (Wildman–Crippen LogP) is 4.59. The van der Waals surface area contributed by atoms with Crippen molar-refractivity contribution in [3.05, 3.63) is 59.8 Å². The standard InChI is InChI=1S/C19H19NO2/c1-3-13-6-5-7-14(10-13)15-8-9-18-16(11-15)17(19(21)22)12-20(18)4-2/h5-12H,3-4H2,1-2H3,(H,21,22). The average molecular weight is 293 g/mol. The summed E-state index contributed by atoms with van der Waals surface area (Å²) in [4.78, 5) is 11.5. The van der Waals surface area contributed by atoms with E-state index in [1.807, 2.05) is 29.7 Å². The molecule has 3 rings (SSSR count). The molecule has 1 heterocycles. The van der Waals surface area contributed by atoms with Gasteiger partial charge in [0.05, 0.1) is 5.56 Å². The molecular weight excluding hydrogens is 274 g/mol. The van der Waals surface area contributed by atoms with Crippen molar-refractivity contribution in [2.45, 2.75) is 26.8 Å². The van der Waals surface area contributed by atoms with Crippen LogP contribution in [0.4, 0.5) is 0 Å². The molecule has 0 saturated carbocycles. The number of nitrogens with zero attached hydrogens (tertiary/aromatic N) is 1. The Morgan fingerprint density at radius 2 is 1.86 bits per heavy atom. The molecule has 3 nitrogen and oxygen atoms in total. The second kappa shape index (κ2) is 5.68. The van der Waals surface area contributed by atoms with Crippen molar-refractivity contribution < 1.29 is 9.90 Å². The molecule has 1 aromatic heterocycles. The molecular formula is C19H19NO2. The van der Waals surface area contributed by atoms with Gasteiger partial charge in [-0.1, -0.05) is 37.3 Å². The Hall–Kier alpha value is -2.55. The molecule has 1 N–H and O–H groups in total. The van der Waals surface area contributed by atoms with Crippen LogP contribution in [-0.2, 0) is 13.0 Å². The van der Waals surface area contributed by atoms with Crippen molar-refractivity contribution >= 4 is 16.9 Å². The number of aryl methyl sites for hydroxylation is 2. The molecule has 22 heavy (non-hydrogen) atoms. The molecule has 0 aliphatic carbocycles. The van der Waals surface area contributed by atoms with Crippen molar-refractivity contribution in [1.82, 2.24) is 4.57 Å². The van der Waals surface area contributed by atoms with Gasteiger partial charge in [0.2, 0.25) is 0 Å². The summed E-state index contributed by atoms with van der Waals surface area (Å²) in [5.74, 6) is -0.878. The Bertz CT molecular complexity index is 846. The number of hydrogen-bond donors (Lipinski definition) is 1. The number of benzene rings is 2. The highest BCUT2D eigenvalue weighted by Gasteiger charge is 2.14. The third-order valence-electron chi connectivity index (χ3n) is 4.12. The van der Waals surface area contributed by atoms with E-state index < -0.39 is 5.97 Å². The van der Waals surface area contributed by atoms with Gasteiger partial charge < -0.3 is 9.67 Å². The summed E-state index contributed by atoms with van der Waals surface area (Å²) in [6, 6.07) is 14.5. The minimum atomic E-state index is -0.878. The first kappa shape index (κ1) is 14.4. The Morgan fingerprint density at radius 3 is 2.55 bits per heavy atom. The van der Waals surface area contributed by atoms with Crippen molar-refractivity contribution in [2.75, 3.05) is 0 Å². The second-order valence-electron chi connectivity index (χ2n) is 5.42. The van der Waals surface area contributed by atoms with Gasteiger partial charge in [0.15, 0.2) is 0 Å². The molecule has 0 radical (unpaired) electrons. The smallest absolute Gasteiger partial charge is 0.337 e. The summed E-state index contributed by atoms with van der Waals surface area (Å²) in [5, 5.41) is 10.2.